The third kappa shape index (κ3) is 3.92. The number of amides is 3. The first kappa shape index (κ1) is 15.2. The maximum absolute atomic E-state index is 11.9. The van der Waals surface area contributed by atoms with Gasteiger partial charge in [0.2, 0.25) is 0 Å². The molecule has 1 fully saturated rings. The molecule has 118 valence electrons. The molecule has 0 spiro atoms. The molecule has 1 aliphatic heterocycles. The van der Waals surface area contributed by atoms with Gasteiger partial charge in [0.25, 0.3) is 0 Å². The Balaban J connectivity index is 1.59. The van der Waals surface area contributed by atoms with Crippen molar-refractivity contribution >= 4 is 35.1 Å². The Kier molecular flexibility index (Phi) is 4.34. The molecule has 2 aromatic rings. The Labute approximate surface area is 137 Å². The highest BCUT2D eigenvalue weighted by Crippen LogP contribution is 2.22. The number of hydrogen-bond acceptors (Lipinski definition) is 3. The van der Waals surface area contributed by atoms with Crippen LogP contribution in [0.4, 0.5) is 21.0 Å². The van der Waals surface area contributed by atoms with Gasteiger partial charge in [-0.3, -0.25) is 0 Å². The van der Waals surface area contributed by atoms with Crippen LogP contribution in [0.25, 0.3) is 0 Å². The molecule has 1 unspecified atom stereocenters. The minimum atomic E-state index is -0.418. The number of urea groups is 1. The summed E-state index contributed by atoms with van der Waals surface area (Å²) in [5.41, 5.74) is 2.10. The number of rotatable bonds is 3. The maximum atomic E-state index is 11.9. The zero-order valence-corrected chi connectivity index (χ0v) is 12.8. The fourth-order valence-corrected chi connectivity index (χ4v) is 2.41. The summed E-state index contributed by atoms with van der Waals surface area (Å²) in [4.78, 5) is 23.0. The van der Waals surface area contributed by atoms with E-state index in [-0.39, 0.29) is 12.1 Å². The van der Waals surface area contributed by atoms with E-state index in [2.05, 4.69) is 16.0 Å². The van der Waals surface area contributed by atoms with E-state index in [4.69, 9.17) is 16.3 Å². The monoisotopic (exact) mass is 331 g/mol. The van der Waals surface area contributed by atoms with Gasteiger partial charge in [-0.1, -0.05) is 29.8 Å². The summed E-state index contributed by atoms with van der Waals surface area (Å²) in [5.74, 6) is 0. The molecule has 3 rings (SSSR count). The molecule has 1 heterocycles. The molecule has 3 amide bonds. The predicted molar refractivity (Wildman–Crippen MR) is 87.8 cm³/mol. The molecule has 0 aromatic heterocycles. The molecular formula is C16H14ClN3O3. The molecule has 0 saturated carbocycles. The average molecular weight is 332 g/mol. The number of halogens is 1. The van der Waals surface area contributed by atoms with Crippen molar-refractivity contribution in [3.63, 3.8) is 0 Å². The van der Waals surface area contributed by atoms with Gasteiger partial charge in [-0.15, -0.1) is 0 Å². The molecule has 23 heavy (non-hydrogen) atoms. The van der Waals surface area contributed by atoms with Crippen LogP contribution in [0.2, 0.25) is 5.02 Å². The first-order chi connectivity index (χ1) is 11.1. The minimum Gasteiger partial charge on any atom is -0.439 e. The molecule has 2 aromatic carbocycles. The van der Waals surface area contributed by atoms with Crippen molar-refractivity contribution in [3.8, 4) is 0 Å². The number of ether oxygens (including phenoxy) is 1. The Morgan fingerprint density at radius 1 is 1.13 bits per heavy atom. The number of nitrogens with one attached hydrogen (secondary N) is 3. The predicted octanol–water partition coefficient (Wildman–Crippen LogP) is 3.76. The van der Waals surface area contributed by atoms with Gasteiger partial charge < -0.3 is 20.7 Å². The summed E-state index contributed by atoms with van der Waals surface area (Å²) in [6.45, 7) is 0.445. The van der Waals surface area contributed by atoms with Gasteiger partial charge in [0.1, 0.15) is 6.10 Å². The Morgan fingerprint density at radius 2 is 1.87 bits per heavy atom. The number of anilines is 2. The summed E-state index contributed by atoms with van der Waals surface area (Å²) in [7, 11) is 0. The van der Waals surface area contributed by atoms with Crippen molar-refractivity contribution in [1.29, 1.82) is 0 Å². The number of carbonyl (C=O) groups excluding carboxylic acids is 2. The molecule has 0 radical (unpaired) electrons. The van der Waals surface area contributed by atoms with E-state index in [0.29, 0.717) is 22.9 Å². The van der Waals surface area contributed by atoms with Crippen LogP contribution in [-0.4, -0.2) is 18.7 Å². The van der Waals surface area contributed by atoms with Gasteiger partial charge in [-0.05, 0) is 35.9 Å². The third-order valence-electron chi connectivity index (χ3n) is 3.30. The molecule has 0 bridgehead atoms. The summed E-state index contributed by atoms with van der Waals surface area (Å²) in [5, 5.41) is 8.56. The molecule has 7 heteroatoms. The smallest absolute Gasteiger partial charge is 0.407 e. The Hall–Kier alpha value is -2.73. The van der Waals surface area contributed by atoms with Gasteiger partial charge in [0.15, 0.2) is 0 Å². The largest absolute Gasteiger partial charge is 0.439 e. The van der Waals surface area contributed by atoms with Crippen molar-refractivity contribution in [3.05, 3.63) is 59.1 Å². The van der Waals surface area contributed by atoms with Crippen LogP contribution >= 0.6 is 11.6 Å². The van der Waals surface area contributed by atoms with Crippen LogP contribution in [0.1, 0.15) is 11.7 Å². The Bertz CT molecular complexity index is 734. The van der Waals surface area contributed by atoms with E-state index in [1.165, 1.54) is 0 Å². The third-order valence-corrected chi connectivity index (χ3v) is 3.54. The molecular weight excluding hydrogens is 318 g/mol. The summed E-state index contributed by atoms with van der Waals surface area (Å²) >= 11 is 5.87. The van der Waals surface area contributed by atoms with Crippen molar-refractivity contribution in [2.24, 2.45) is 0 Å². The van der Waals surface area contributed by atoms with Crippen LogP contribution in [-0.2, 0) is 4.74 Å². The first-order valence-electron chi connectivity index (χ1n) is 6.98. The lowest BCUT2D eigenvalue weighted by atomic mass is 10.1. The highest BCUT2D eigenvalue weighted by molar-refractivity contribution is 6.30. The highest BCUT2D eigenvalue weighted by Gasteiger charge is 2.23. The SMILES string of the molecule is O=C(Nc1ccc(C2CNC(=O)O2)cc1)Nc1cccc(Cl)c1. The molecule has 6 nitrogen and oxygen atoms in total. The number of cyclic esters (lactones) is 1. The lowest BCUT2D eigenvalue weighted by Crippen LogP contribution is -2.19. The number of carbonyl (C=O) groups is 2. The van der Waals surface area contributed by atoms with Crippen LogP contribution < -0.4 is 16.0 Å². The maximum Gasteiger partial charge on any atom is 0.407 e. The zero-order valence-electron chi connectivity index (χ0n) is 12.0. The number of alkyl carbamates (subject to hydrolysis) is 1. The van der Waals surface area contributed by atoms with Crippen LogP contribution in [0.15, 0.2) is 48.5 Å². The van der Waals surface area contributed by atoms with E-state index in [0.717, 1.165) is 5.56 Å². The van der Waals surface area contributed by atoms with E-state index in [1.807, 2.05) is 0 Å². The van der Waals surface area contributed by atoms with Crippen molar-refractivity contribution < 1.29 is 14.3 Å². The minimum absolute atomic E-state index is 0.295. The van der Waals surface area contributed by atoms with E-state index >= 15 is 0 Å². The van der Waals surface area contributed by atoms with Gasteiger partial charge in [-0.2, -0.15) is 0 Å². The second kappa shape index (κ2) is 6.58. The fourth-order valence-electron chi connectivity index (χ4n) is 2.22. The van der Waals surface area contributed by atoms with Crippen molar-refractivity contribution in [2.75, 3.05) is 17.2 Å². The molecule has 1 aliphatic rings. The average Bonchev–Trinajstić information content (AvgIpc) is 2.94. The zero-order chi connectivity index (χ0) is 16.2. The quantitative estimate of drug-likeness (QED) is 0.801. The van der Waals surface area contributed by atoms with E-state index < -0.39 is 6.09 Å². The second-order valence-corrected chi connectivity index (χ2v) is 5.42. The Morgan fingerprint density at radius 3 is 2.52 bits per heavy atom. The van der Waals surface area contributed by atoms with Gasteiger partial charge in [0, 0.05) is 16.4 Å². The summed E-state index contributed by atoms with van der Waals surface area (Å²) in [6, 6.07) is 13.6. The molecule has 1 saturated heterocycles. The lowest BCUT2D eigenvalue weighted by molar-refractivity contribution is 0.141. The van der Waals surface area contributed by atoms with Gasteiger partial charge in [0.05, 0.1) is 6.54 Å². The van der Waals surface area contributed by atoms with Crippen LogP contribution in [0.5, 0.6) is 0 Å². The number of hydrogen-bond donors (Lipinski definition) is 3. The molecule has 3 N–H and O–H groups in total. The first-order valence-corrected chi connectivity index (χ1v) is 7.36. The van der Waals surface area contributed by atoms with Gasteiger partial charge in [-0.25, -0.2) is 9.59 Å². The summed E-state index contributed by atoms with van der Waals surface area (Å²) < 4.78 is 5.10. The second-order valence-electron chi connectivity index (χ2n) is 4.99. The van der Waals surface area contributed by atoms with Crippen LogP contribution in [0, 0.1) is 0 Å². The highest BCUT2D eigenvalue weighted by atomic mass is 35.5. The molecule has 1 atom stereocenters. The molecule has 0 aliphatic carbocycles. The fraction of sp³-hybridized carbons (Fsp3) is 0.125. The van der Waals surface area contributed by atoms with E-state index in [9.17, 15) is 9.59 Å². The number of benzene rings is 2. The normalized spacial score (nSPS) is 16.4. The topological polar surface area (TPSA) is 79.5 Å². The standard InChI is InChI=1S/C16H14ClN3O3/c17-11-2-1-3-13(8-11)20-15(21)19-12-6-4-10(5-7-12)14-9-18-16(22)23-14/h1-8,14H,9H2,(H,18,22)(H2,19,20,21). The summed E-state index contributed by atoms with van der Waals surface area (Å²) in [6.07, 6.45) is -0.713. The van der Waals surface area contributed by atoms with Gasteiger partial charge >= 0.3 is 12.1 Å². The van der Waals surface area contributed by atoms with Crippen molar-refractivity contribution in [1.82, 2.24) is 5.32 Å². The van der Waals surface area contributed by atoms with E-state index in [1.54, 1.807) is 48.5 Å². The lowest BCUT2D eigenvalue weighted by Gasteiger charge is -2.10. The van der Waals surface area contributed by atoms with Crippen molar-refractivity contribution in [2.45, 2.75) is 6.10 Å². The van der Waals surface area contributed by atoms with Crippen LogP contribution in [0.3, 0.4) is 0 Å².